The van der Waals surface area contributed by atoms with Crippen LogP contribution in [-0.2, 0) is 0 Å². The molecule has 0 aliphatic rings. The summed E-state index contributed by atoms with van der Waals surface area (Å²) in [5.74, 6) is 0.635. The van der Waals surface area contributed by atoms with Crippen LogP contribution in [0.1, 0.15) is 0 Å². The normalized spacial score (nSPS) is 9.79. The van der Waals surface area contributed by atoms with E-state index in [-0.39, 0.29) is 0 Å². The molecule has 0 atom stereocenters. The third kappa shape index (κ3) is 1.74. The summed E-state index contributed by atoms with van der Waals surface area (Å²) in [5, 5.41) is 0. The average Bonchev–Trinajstić information content (AvgIpc) is 2.30. The fourth-order valence-electron chi connectivity index (χ4n) is 1.25. The molecule has 0 amide bonds. The van der Waals surface area contributed by atoms with E-state index in [0.717, 1.165) is 11.1 Å². The first-order valence-corrected chi connectivity index (χ1v) is 4.36. The topological polar surface area (TPSA) is 22.1 Å². The number of rotatable bonds is 2. The van der Waals surface area contributed by atoms with Gasteiger partial charge in [-0.15, -0.1) is 0 Å². The van der Waals surface area contributed by atoms with Crippen LogP contribution in [0.2, 0.25) is 0 Å². The van der Waals surface area contributed by atoms with Gasteiger partial charge in [-0.2, -0.15) is 0 Å². The molecule has 14 heavy (non-hydrogen) atoms. The summed E-state index contributed by atoms with van der Waals surface area (Å²) in [4.78, 5) is 4.14. The quantitative estimate of drug-likeness (QED) is 0.715. The highest BCUT2D eigenvalue weighted by Crippen LogP contribution is 2.19. The van der Waals surface area contributed by atoms with Gasteiger partial charge in [0.2, 0.25) is 5.88 Å². The van der Waals surface area contributed by atoms with E-state index in [2.05, 4.69) is 11.1 Å². The van der Waals surface area contributed by atoms with Gasteiger partial charge in [-0.3, -0.25) is 0 Å². The third-order valence-electron chi connectivity index (χ3n) is 2.00. The molecule has 1 aromatic heterocycles. The van der Waals surface area contributed by atoms with Gasteiger partial charge < -0.3 is 4.74 Å². The smallest absolute Gasteiger partial charge is 0.212 e. The molecule has 1 heterocycles. The van der Waals surface area contributed by atoms with Crippen molar-refractivity contribution in [2.45, 2.75) is 0 Å². The zero-order valence-corrected chi connectivity index (χ0v) is 7.90. The van der Waals surface area contributed by atoms with Crippen LogP contribution in [0.5, 0.6) is 5.88 Å². The summed E-state index contributed by atoms with van der Waals surface area (Å²) in [7, 11) is 1.61. The predicted octanol–water partition coefficient (Wildman–Crippen LogP) is 2.56. The molecule has 0 saturated heterocycles. The Morgan fingerprint density at radius 1 is 1.07 bits per heavy atom. The van der Waals surface area contributed by atoms with Crippen LogP contribution in [0.3, 0.4) is 0 Å². The number of ether oxygens (including phenoxy) is 1. The SMILES string of the molecule is COc1ccc(-c2cc[c]cc2)cn1. The number of benzene rings is 1. The number of aromatic nitrogens is 1. The predicted molar refractivity (Wildman–Crippen MR) is 55.1 cm³/mol. The molecular weight excluding hydrogens is 174 g/mol. The Labute approximate surface area is 83.2 Å². The lowest BCUT2D eigenvalue weighted by Gasteiger charge is -2.01. The first kappa shape index (κ1) is 8.75. The minimum absolute atomic E-state index is 0.635. The lowest BCUT2D eigenvalue weighted by atomic mass is 10.1. The Bertz CT molecular complexity index is 394. The van der Waals surface area contributed by atoms with Crippen molar-refractivity contribution >= 4 is 0 Å². The number of pyridine rings is 1. The second-order valence-corrected chi connectivity index (χ2v) is 2.88. The van der Waals surface area contributed by atoms with Gasteiger partial charge in [0.25, 0.3) is 0 Å². The van der Waals surface area contributed by atoms with Crippen molar-refractivity contribution in [1.82, 2.24) is 4.98 Å². The van der Waals surface area contributed by atoms with Gasteiger partial charge >= 0.3 is 0 Å². The van der Waals surface area contributed by atoms with E-state index in [4.69, 9.17) is 4.74 Å². The lowest BCUT2D eigenvalue weighted by molar-refractivity contribution is 0.398. The van der Waals surface area contributed by atoms with E-state index in [0.29, 0.717) is 5.88 Å². The van der Waals surface area contributed by atoms with Gasteiger partial charge in [0.05, 0.1) is 7.11 Å². The largest absolute Gasteiger partial charge is 0.481 e. The molecule has 69 valence electrons. The highest BCUT2D eigenvalue weighted by molar-refractivity contribution is 5.62. The van der Waals surface area contributed by atoms with E-state index in [9.17, 15) is 0 Å². The minimum Gasteiger partial charge on any atom is -0.481 e. The highest BCUT2D eigenvalue weighted by atomic mass is 16.5. The van der Waals surface area contributed by atoms with Crippen LogP contribution < -0.4 is 4.74 Å². The van der Waals surface area contributed by atoms with Crippen LogP contribution >= 0.6 is 0 Å². The van der Waals surface area contributed by atoms with Crippen LogP contribution in [0.15, 0.2) is 42.6 Å². The van der Waals surface area contributed by atoms with E-state index >= 15 is 0 Å². The van der Waals surface area contributed by atoms with Crippen molar-refractivity contribution in [3.8, 4) is 17.0 Å². The molecule has 0 fully saturated rings. The van der Waals surface area contributed by atoms with Crippen LogP contribution in [0, 0.1) is 6.07 Å². The maximum atomic E-state index is 4.99. The van der Waals surface area contributed by atoms with Crippen molar-refractivity contribution < 1.29 is 4.74 Å². The van der Waals surface area contributed by atoms with E-state index in [1.165, 1.54) is 0 Å². The Hall–Kier alpha value is -1.83. The fourth-order valence-corrected chi connectivity index (χ4v) is 1.25. The summed E-state index contributed by atoms with van der Waals surface area (Å²) in [6.07, 6.45) is 1.80. The molecule has 2 rings (SSSR count). The first-order valence-electron chi connectivity index (χ1n) is 4.36. The molecule has 0 unspecified atom stereocenters. The highest BCUT2D eigenvalue weighted by Gasteiger charge is 1.97. The zero-order valence-electron chi connectivity index (χ0n) is 7.90. The molecule has 1 radical (unpaired) electrons. The molecule has 0 N–H and O–H groups in total. The fraction of sp³-hybridized carbons (Fsp3) is 0.0833. The molecular formula is C12H10NO. The molecule has 2 nitrogen and oxygen atoms in total. The Morgan fingerprint density at radius 2 is 1.86 bits per heavy atom. The van der Waals surface area contributed by atoms with Gasteiger partial charge in [-0.1, -0.05) is 24.3 Å². The minimum atomic E-state index is 0.635. The number of methoxy groups -OCH3 is 1. The summed E-state index contributed by atoms with van der Waals surface area (Å²) in [6, 6.07) is 14.6. The van der Waals surface area contributed by atoms with E-state index in [1.807, 2.05) is 36.4 Å². The van der Waals surface area contributed by atoms with E-state index < -0.39 is 0 Å². The standard InChI is InChI=1S/C12H10NO/c1-14-12-8-7-11(9-13-12)10-5-3-2-4-6-10/h3-9H,1H3. The van der Waals surface area contributed by atoms with Crippen molar-refractivity contribution in [2.24, 2.45) is 0 Å². The average molecular weight is 184 g/mol. The Morgan fingerprint density at radius 3 is 2.43 bits per heavy atom. The van der Waals surface area contributed by atoms with Crippen molar-refractivity contribution in [2.75, 3.05) is 7.11 Å². The molecule has 0 bridgehead atoms. The van der Waals surface area contributed by atoms with Gasteiger partial charge in [0, 0.05) is 17.8 Å². The third-order valence-corrected chi connectivity index (χ3v) is 2.00. The summed E-state index contributed by atoms with van der Waals surface area (Å²) < 4.78 is 4.99. The molecule has 0 saturated carbocycles. The monoisotopic (exact) mass is 184 g/mol. The molecule has 0 aliphatic heterocycles. The molecule has 0 aliphatic carbocycles. The summed E-state index contributed by atoms with van der Waals surface area (Å²) in [6.45, 7) is 0. The van der Waals surface area contributed by atoms with Crippen LogP contribution in [0.25, 0.3) is 11.1 Å². The maximum Gasteiger partial charge on any atom is 0.212 e. The first-order chi connectivity index (χ1) is 6.90. The Kier molecular flexibility index (Phi) is 2.45. The van der Waals surface area contributed by atoms with Crippen molar-refractivity contribution in [3.05, 3.63) is 48.7 Å². The van der Waals surface area contributed by atoms with Gasteiger partial charge in [0.15, 0.2) is 0 Å². The Balaban J connectivity index is 2.34. The summed E-state index contributed by atoms with van der Waals surface area (Å²) >= 11 is 0. The molecule has 1 aromatic carbocycles. The zero-order chi connectivity index (χ0) is 9.80. The summed E-state index contributed by atoms with van der Waals surface area (Å²) in [5.41, 5.74) is 2.22. The number of nitrogens with zero attached hydrogens (tertiary/aromatic N) is 1. The number of hydrogen-bond acceptors (Lipinski definition) is 2. The van der Waals surface area contributed by atoms with Crippen molar-refractivity contribution in [1.29, 1.82) is 0 Å². The molecule has 2 aromatic rings. The lowest BCUT2D eigenvalue weighted by Crippen LogP contribution is -1.86. The maximum absolute atomic E-state index is 4.99. The number of hydrogen-bond donors (Lipinski definition) is 0. The molecule has 0 spiro atoms. The van der Waals surface area contributed by atoms with Crippen LogP contribution in [-0.4, -0.2) is 12.1 Å². The van der Waals surface area contributed by atoms with Crippen LogP contribution in [0.4, 0.5) is 0 Å². The van der Waals surface area contributed by atoms with Crippen molar-refractivity contribution in [3.63, 3.8) is 0 Å². The molecule has 2 heteroatoms. The second kappa shape index (κ2) is 3.92. The van der Waals surface area contributed by atoms with Gasteiger partial charge in [0.1, 0.15) is 0 Å². The van der Waals surface area contributed by atoms with Gasteiger partial charge in [-0.25, -0.2) is 4.98 Å². The van der Waals surface area contributed by atoms with E-state index in [1.54, 1.807) is 13.3 Å². The van der Waals surface area contributed by atoms with Gasteiger partial charge in [-0.05, 0) is 17.7 Å². The second-order valence-electron chi connectivity index (χ2n) is 2.88.